The monoisotopic (exact) mass is 306 g/mol. The van der Waals surface area contributed by atoms with Gasteiger partial charge in [0, 0.05) is 11.8 Å². The molecule has 110 valence electrons. The van der Waals surface area contributed by atoms with Crippen LogP contribution in [0.2, 0.25) is 0 Å². The zero-order chi connectivity index (χ0) is 15.2. The molecular formula is C14H15FN4OS. The van der Waals surface area contributed by atoms with Crippen molar-refractivity contribution < 1.29 is 9.23 Å². The number of thiazole rings is 1. The van der Waals surface area contributed by atoms with Crippen LogP contribution >= 0.6 is 11.3 Å². The first-order valence-electron chi connectivity index (χ1n) is 6.56. The highest BCUT2D eigenvalue weighted by Crippen LogP contribution is 2.28. The Kier molecular flexibility index (Phi) is 5.17. The zero-order valence-corrected chi connectivity index (χ0v) is 12.7. The van der Waals surface area contributed by atoms with Crippen LogP contribution in [0.15, 0.2) is 16.2 Å². The Balaban J connectivity index is 2.40. The molecule has 0 aromatic carbocycles. The third kappa shape index (κ3) is 3.52. The lowest BCUT2D eigenvalue weighted by atomic mass is 10.1. The van der Waals surface area contributed by atoms with Gasteiger partial charge >= 0.3 is 0 Å². The summed E-state index contributed by atoms with van der Waals surface area (Å²) in [6, 6.07) is 2.07. The molecule has 1 aliphatic heterocycles. The standard InChI is InChI=1S/C14H15FN4OS/c1-3-4-11(19-20-2)13-12(6-16)18-14(21-13)9-5-10(15)8-17-7-9/h5,8,10H,3-4,7H2,1-2H3. The number of aliphatic imine (C=N–C) groups is 1. The Morgan fingerprint density at radius 2 is 2.48 bits per heavy atom. The molecule has 1 aromatic heterocycles. The highest BCUT2D eigenvalue weighted by atomic mass is 32.1. The van der Waals surface area contributed by atoms with E-state index in [1.165, 1.54) is 30.7 Å². The van der Waals surface area contributed by atoms with E-state index in [-0.39, 0.29) is 0 Å². The largest absolute Gasteiger partial charge is 0.399 e. The second kappa shape index (κ2) is 7.09. The normalized spacial score (nSPS) is 18.3. The van der Waals surface area contributed by atoms with E-state index in [1.54, 1.807) is 0 Å². The summed E-state index contributed by atoms with van der Waals surface area (Å²) in [7, 11) is 1.47. The summed E-state index contributed by atoms with van der Waals surface area (Å²) in [5.41, 5.74) is 1.69. The lowest BCUT2D eigenvalue weighted by Gasteiger charge is -2.06. The van der Waals surface area contributed by atoms with Crippen molar-refractivity contribution in [2.75, 3.05) is 13.7 Å². The molecule has 2 heterocycles. The minimum atomic E-state index is -1.20. The van der Waals surface area contributed by atoms with Gasteiger partial charge in [-0.15, -0.1) is 11.3 Å². The fourth-order valence-corrected chi connectivity index (χ4v) is 2.99. The van der Waals surface area contributed by atoms with E-state index >= 15 is 0 Å². The predicted octanol–water partition coefficient (Wildman–Crippen LogP) is 2.97. The smallest absolute Gasteiger partial charge is 0.161 e. The summed E-state index contributed by atoms with van der Waals surface area (Å²) < 4.78 is 13.4. The van der Waals surface area contributed by atoms with Crippen molar-refractivity contribution in [3.8, 4) is 6.07 Å². The zero-order valence-electron chi connectivity index (χ0n) is 11.8. The van der Waals surface area contributed by atoms with E-state index in [2.05, 4.69) is 21.2 Å². The van der Waals surface area contributed by atoms with Crippen LogP contribution < -0.4 is 0 Å². The van der Waals surface area contributed by atoms with E-state index in [4.69, 9.17) is 4.84 Å². The van der Waals surface area contributed by atoms with E-state index in [1.807, 2.05) is 6.92 Å². The maximum Gasteiger partial charge on any atom is 0.161 e. The van der Waals surface area contributed by atoms with Crippen molar-refractivity contribution in [1.82, 2.24) is 4.98 Å². The van der Waals surface area contributed by atoms with Crippen LogP contribution in [0.1, 0.15) is 35.3 Å². The summed E-state index contributed by atoms with van der Waals surface area (Å²) in [6.07, 6.45) is 3.10. The van der Waals surface area contributed by atoms with Crippen LogP contribution in [0.25, 0.3) is 5.57 Å². The molecule has 0 aliphatic carbocycles. The summed E-state index contributed by atoms with van der Waals surface area (Å²) >= 11 is 1.33. The predicted molar refractivity (Wildman–Crippen MR) is 81.5 cm³/mol. The Morgan fingerprint density at radius 1 is 1.67 bits per heavy atom. The maximum atomic E-state index is 13.4. The average Bonchev–Trinajstić information content (AvgIpc) is 2.91. The highest BCUT2D eigenvalue weighted by molar-refractivity contribution is 7.15. The fourth-order valence-electron chi connectivity index (χ4n) is 1.96. The minimum Gasteiger partial charge on any atom is -0.399 e. The Morgan fingerprint density at radius 3 is 3.10 bits per heavy atom. The molecule has 1 atom stereocenters. The molecule has 0 fully saturated rings. The van der Waals surface area contributed by atoms with Crippen molar-refractivity contribution in [2.24, 2.45) is 10.1 Å². The van der Waals surface area contributed by atoms with Crippen molar-refractivity contribution in [2.45, 2.75) is 25.9 Å². The third-order valence-corrected chi connectivity index (χ3v) is 4.01. The van der Waals surface area contributed by atoms with Gasteiger partial charge in [0.25, 0.3) is 0 Å². The van der Waals surface area contributed by atoms with Crippen LogP contribution in [-0.4, -0.2) is 36.7 Å². The summed E-state index contributed by atoms with van der Waals surface area (Å²) in [4.78, 5) is 13.8. The number of halogens is 1. The summed E-state index contributed by atoms with van der Waals surface area (Å²) in [5.74, 6) is 0. The lowest BCUT2D eigenvalue weighted by Crippen LogP contribution is -2.06. The number of alkyl halides is 1. The van der Waals surface area contributed by atoms with E-state index in [9.17, 15) is 9.65 Å². The number of nitrogens with zero attached hydrogens (tertiary/aromatic N) is 4. The van der Waals surface area contributed by atoms with Gasteiger partial charge in [-0.3, -0.25) is 4.99 Å². The first kappa shape index (κ1) is 15.3. The van der Waals surface area contributed by atoms with Crippen LogP contribution in [0, 0.1) is 11.3 Å². The van der Waals surface area contributed by atoms with Crippen LogP contribution in [0.3, 0.4) is 0 Å². The molecule has 0 saturated heterocycles. The van der Waals surface area contributed by atoms with E-state index in [0.717, 1.165) is 6.42 Å². The second-order valence-electron chi connectivity index (χ2n) is 4.41. The number of aromatic nitrogens is 1. The van der Waals surface area contributed by atoms with Crippen LogP contribution in [0.4, 0.5) is 4.39 Å². The van der Waals surface area contributed by atoms with Crippen molar-refractivity contribution in [3.05, 3.63) is 21.7 Å². The molecule has 21 heavy (non-hydrogen) atoms. The van der Waals surface area contributed by atoms with Gasteiger partial charge in [-0.05, 0) is 12.5 Å². The van der Waals surface area contributed by atoms with Crippen LogP contribution in [-0.2, 0) is 4.84 Å². The maximum absolute atomic E-state index is 13.4. The van der Waals surface area contributed by atoms with Gasteiger partial charge in [0.1, 0.15) is 18.2 Å². The first-order chi connectivity index (χ1) is 10.2. The number of allylic oxidation sites excluding steroid dienone is 1. The topological polar surface area (TPSA) is 70.6 Å². The molecule has 0 spiro atoms. The third-order valence-electron chi connectivity index (χ3n) is 2.83. The SMILES string of the molecule is CCCC(=NOC)c1sc(C2=CC(F)C=NC2)nc1C#N. The van der Waals surface area contributed by atoms with Crippen molar-refractivity contribution in [3.63, 3.8) is 0 Å². The summed E-state index contributed by atoms with van der Waals surface area (Å²) in [6.45, 7) is 2.40. The van der Waals surface area contributed by atoms with Crippen molar-refractivity contribution >= 4 is 28.8 Å². The van der Waals surface area contributed by atoms with Gasteiger partial charge < -0.3 is 4.84 Å². The van der Waals surface area contributed by atoms with Gasteiger partial charge in [0.2, 0.25) is 0 Å². The van der Waals surface area contributed by atoms with E-state index in [0.29, 0.717) is 39.8 Å². The molecule has 0 radical (unpaired) electrons. The molecular weight excluding hydrogens is 291 g/mol. The van der Waals surface area contributed by atoms with Gasteiger partial charge in [0.15, 0.2) is 11.9 Å². The highest BCUT2D eigenvalue weighted by Gasteiger charge is 2.20. The number of rotatable bonds is 5. The Bertz CT molecular complexity index is 642. The molecule has 1 unspecified atom stereocenters. The van der Waals surface area contributed by atoms with Gasteiger partial charge in [-0.2, -0.15) is 5.26 Å². The molecule has 2 rings (SSSR count). The van der Waals surface area contributed by atoms with Gasteiger partial charge in [0.05, 0.1) is 17.1 Å². The van der Waals surface area contributed by atoms with Crippen molar-refractivity contribution in [1.29, 1.82) is 5.26 Å². The van der Waals surface area contributed by atoms with Gasteiger partial charge in [-0.1, -0.05) is 18.5 Å². The molecule has 0 saturated carbocycles. The number of hydrogen-bond donors (Lipinski definition) is 0. The molecule has 0 amide bonds. The molecule has 1 aliphatic rings. The fraction of sp³-hybridized carbons (Fsp3) is 0.429. The molecule has 0 bridgehead atoms. The van der Waals surface area contributed by atoms with E-state index < -0.39 is 6.17 Å². The number of hydrogen-bond acceptors (Lipinski definition) is 6. The number of oxime groups is 1. The molecule has 7 heteroatoms. The number of dihydropyridines is 1. The Hall–Kier alpha value is -2.07. The molecule has 1 aromatic rings. The quantitative estimate of drug-likeness (QED) is 0.620. The minimum absolute atomic E-state index is 0.296. The first-order valence-corrected chi connectivity index (χ1v) is 7.37. The number of nitriles is 1. The molecule has 0 N–H and O–H groups in total. The molecule has 5 nitrogen and oxygen atoms in total. The van der Waals surface area contributed by atoms with Crippen LogP contribution in [0.5, 0.6) is 0 Å². The Labute approximate surface area is 126 Å². The van der Waals surface area contributed by atoms with Gasteiger partial charge in [-0.25, -0.2) is 9.37 Å². The average molecular weight is 306 g/mol. The summed E-state index contributed by atoms with van der Waals surface area (Å²) in [5, 5.41) is 13.8. The lowest BCUT2D eigenvalue weighted by molar-refractivity contribution is 0.213. The second-order valence-corrected chi connectivity index (χ2v) is 5.40.